The molecule has 1 amide bonds. The third kappa shape index (κ3) is 3.15. The molecule has 5 heteroatoms. The van der Waals surface area contributed by atoms with E-state index < -0.39 is 0 Å². The molecule has 0 N–H and O–H groups in total. The molecular weight excluding hydrogens is 312 g/mol. The lowest BCUT2D eigenvalue weighted by atomic mass is 10.2. The average Bonchev–Trinajstić information content (AvgIpc) is 2.97. The van der Waals surface area contributed by atoms with Gasteiger partial charge in [-0.3, -0.25) is 9.69 Å². The van der Waals surface area contributed by atoms with Crippen molar-refractivity contribution in [3.63, 3.8) is 0 Å². The van der Waals surface area contributed by atoms with Gasteiger partial charge in [-0.05, 0) is 30.7 Å². The number of fused-ring (bicyclic) bond motifs is 1. The summed E-state index contributed by atoms with van der Waals surface area (Å²) in [6.45, 7) is 2.06. The van der Waals surface area contributed by atoms with Crippen molar-refractivity contribution in [2.75, 3.05) is 17.7 Å². The Kier molecular flexibility index (Phi) is 4.45. The van der Waals surface area contributed by atoms with E-state index in [-0.39, 0.29) is 5.91 Å². The minimum absolute atomic E-state index is 0.0623. The van der Waals surface area contributed by atoms with Gasteiger partial charge in [0.25, 0.3) is 0 Å². The van der Waals surface area contributed by atoms with Crippen LogP contribution < -0.4 is 4.90 Å². The molecule has 0 atom stereocenters. The first kappa shape index (κ1) is 15.1. The highest BCUT2D eigenvalue weighted by Gasteiger charge is 2.15. The van der Waals surface area contributed by atoms with Gasteiger partial charge < -0.3 is 0 Å². The van der Waals surface area contributed by atoms with Crippen LogP contribution in [0.4, 0.5) is 5.13 Å². The minimum atomic E-state index is 0.0623. The van der Waals surface area contributed by atoms with E-state index in [0.29, 0.717) is 5.75 Å². The summed E-state index contributed by atoms with van der Waals surface area (Å²) in [5.74, 6) is 0.476. The maximum Gasteiger partial charge on any atom is 0.238 e. The molecule has 0 radical (unpaired) electrons. The van der Waals surface area contributed by atoms with Crippen LogP contribution >= 0.6 is 23.1 Å². The summed E-state index contributed by atoms with van der Waals surface area (Å²) in [7, 11) is 1.79. The zero-order valence-corrected chi connectivity index (χ0v) is 14.1. The number of amides is 1. The maximum atomic E-state index is 12.4. The molecule has 22 heavy (non-hydrogen) atoms. The second-order valence-corrected chi connectivity index (χ2v) is 7.00. The van der Waals surface area contributed by atoms with Crippen LogP contribution in [-0.2, 0) is 4.79 Å². The van der Waals surface area contributed by atoms with E-state index in [1.807, 2.05) is 42.5 Å². The first-order valence-electron chi connectivity index (χ1n) is 6.96. The number of hydrogen-bond donors (Lipinski definition) is 0. The van der Waals surface area contributed by atoms with Crippen molar-refractivity contribution in [3.05, 3.63) is 54.1 Å². The van der Waals surface area contributed by atoms with E-state index in [9.17, 15) is 4.79 Å². The van der Waals surface area contributed by atoms with Crippen molar-refractivity contribution in [1.29, 1.82) is 0 Å². The van der Waals surface area contributed by atoms with Crippen LogP contribution in [0.3, 0.4) is 0 Å². The molecular formula is C17H16N2OS2. The van der Waals surface area contributed by atoms with Crippen LogP contribution in [0, 0.1) is 6.92 Å². The van der Waals surface area contributed by atoms with Crippen molar-refractivity contribution in [1.82, 2.24) is 4.98 Å². The van der Waals surface area contributed by atoms with Crippen LogP contribution in [0.25, 0.3) is 10.2 Å². The van der Waals surface area contributed by atoms with Gasteiger partial charge in [0.1, 0.15) is 0 Å². The van der Waals surface area contributed by atoms with Crippen LogP contribution in [0.2, 0.25) is 0 Å². The Morgan fingerprint density at radius 1 is 1.18 bits per heavy atom. The lowest BCUT2D eigenvalue weighted by Gasteiger charge is -2.13. The van der Waals surface area contributed by atoms with Crippen molar-refractivity contribution < 1.29 is 4.79 Å². The Labute approximate surface area is 138 Å². The van der Waals surface area contributed by atoms with Gasteiger partial charge in [0.15, 0.2) is 5.13 Å². The Morgan fingerprint density at radius 3 is 2.68 bits per heavy atom. The molecule has 0 aliphatic rings. The van der Waals surface area contributed by atoms with E-state index in [4.69, 9.17) is 0 Å². The Hall–Kier alpha value is -1.85. The lowest BCUT2D eigenvalue weighted by molar-refractivity contribution is -0.115. The molecule has 3 nitrogen and oxygen atoms in total. The van der Waals surface area contributed by atoms with E-state index in [0.717, 1.165) is 20.2 Å². The molecule has 0 fully saturated rings. The number of aryl methyl sites for hydroxylation is 1. The zero-order chi connectivity index (χ0) is 15.5. The van der Waals surface area contributed by atoms with Gasteiger partial charge in [-0.2, -0.15) is 0 Å². The van der Waals surface area contributed by atoms with Crippen LogP contribution in [0.15, 0.2) is 53.4 Å². The number of carbonyl (C=O) groups excluding carboxylic acids is 1. The molecule has 0 bridgehead atoms. The molecule has 1 heterocycles. The zero-order valence-electron chi connectivity index (χ0n) is 12.4. The smallest absolute Gasteiger partial charge is 0.238 e. The van der Waals surface area contributed by atoms with Gasteiger partial charge in [0.2, 0.25) is 5.91 Å². The number of carbonyl (C=O) groups is 1. The SMILES string of the molecule is Cc1ccccc1SCC(=O)N(C)c1nc2ccccc2s1. The van der Waals surface area contributed by atoms with Gasteiger partial charge in [-0.15, -0.1) is 11.8 Å². The van der Waals surface area contributed by atoms with Gasteiger partial charge in [-0.1, -0.05) is 41.7 Å². The molecule has 3 rings (SSSR count). The van der Waals surface area contributed by atoms with E-state index in [1.165, 1.54) is 5.56 Å². The first-order valence-corrected chi connectivity index (χ1v) is 8.76. The molecule has 0 unspecified atom stereocenters. The molecule has 2 aromatic carbocycles. The third-order valence-electron chi connectivity index (χ3n) is 3.39. The highest BCUT2D eigenvalue weighted by molar-refractivity contribution is 8.00. The third-order valence-corrected chi connectivity index (χ3v) is 5.66. The Balaban J connectivity index is 1.70. The monoisotopic (exact) mass is 328 g/mol. The summed E-state index contributed by atoms with van der Waals surface area (Å²) >= 11 is 3.11. The average molecular weight is 328 g/mol. The fourth-order valence-electron chi connectivity index (χ4n) is 2.06. The van der Waals surface area contributed by atoms with Gasteiger partial charge in [0.05, 0.1) is 16.0 Å². The molecule has 0 saturated heterocycles. The van der Waals surface area contributed by atoms with Crippen molar-refractivity contribution >= 4 is 44.4 Å². The highest BCUT2D eigenvalue weighted by atomic mass is 32.2. The van der Waals surface area contributed by atoms with Crippen LogP contribution in [0.5, 0.6) is 0 Å². The fraction of sp³-hybridized carbons (Fsp3) is 0.176. The number of thiazole rings is 1. The van der Waals surface area contributed by atoms with E-state index in [2.05, 4.69) is 18.0 Å². The summed E-state index contributed by atoms with van der Waals surface area (Å²) in [6, 6.07) is 16.1. The predicted octanol–water partition coefficient (Wildman–Crippen LogP) is 4.36. The maximum absolute atomic E-state index is 12.4. The summed E-state index contributed by atoms with van der Waals surface area (Å²) in [4.78, 5) is 19.7. The van der Waals surface area contributed by atoms with Gasteiger partial charge >= 0.3 is 0 Å². The van der Waals surface area contributed by atoms with Gasteiger partial charge in [0, 0.05) is 11.9 Å². The molecule has 0 saturated carbocycles. The second-order valence-electron chi connectivity index (χ2n) is 4.97. The van der Waals surface area contributed by atoms with E-state index in [1.54, 1.807) is 35.0 Å². The minimum Gasteiger partial charge on any atom is -0.291 e. The first-order chi connectivity index (χ1) is 10.6. The van der Waals surface area contributed by atoms with Crippen molar-refractivity contribution in [2.45, 2.75) is 11.8 Å². The summed E-state index contributed by atoms with van der Waals surface area (Å²) < 4.78 is 1.10. The largest absolute Gasteiger partial charge is 0.291 e. The number of nitrogens with zero attached hydrogens (tertiary/aromatic N) is 2. The summed E-state index contributed by atoms with van der Waals surface area (Å²) in [5, 5.41) is 0.747. The van der Waals surface area contributed by atoms with Crippen LogP contribution in [0.1, 0.15) is 5.56 Å². The highest BCUT2D eigenvalue weighted by Crippen LogP contribution is 2.29. The number of thioether (sulfide) groups is 1. The standard InChI is InChI=1S/C17H16N2OS2/c1-12-7-3-5-9-14(12)21-11-16(20)19(2)17-18-13-8-4-6-10-15(13)22-17/h3-10H,11H2,1-2H3. The molecule has 112 valence electrons. The quantitative estimate of drug-likeness (QED) is 0.667. The number of hydrogen-bond acceptors (Lipinski definition) is 4. The molecule has 0 aliphatic carbocycles. The lowest BCUT2D eigenvalue weighted by Crippen LogP contribution is -2.27. The number of anilines is 1. The van der Waals surface area contributed by atoms with Crippen molar-refractivity contribution in [3.8, 4) is 0 Å². The van der Waals surface area contributed by atoms with Gasteiger partial charge in [-0.25, -0.2) is 4.98 Å². The molecule has 1 aromatic heterocycles. The Morgan fingerprint density at radius 2 is 1.91 bits per heavy atom. The topological polar surface area (TPSA) is 33.2 Å². The molecule has 0 spiro atoms. The number of para-hydroxylation sites is 1. The Bertz CT molecular complexity index is 780. The summed E-state index contributed by atoms with van der Waals surface area (Å²) in [5.41, 5.74) is 2.14. The molecule has 3 aromatic rings. The normalized spacial score (nSPS) is 10.8. The van der Waals surface area contributed by atoms with Crippen LogP contribution in [-0.4, -0.2) is 23.7 Å². The summed E-state index contributed by atoms with van der Waals surface area (Å²) in [6.07, 6.45) is 0. The van der Waals surface area contributed by atoms with E-state index >= 15 is 0 Å². The predicted molar refractivity (Wildman–Crippen MR) is 94.9 cm³/mol. The molecule has 0 aliphatic heterocycles. The second kappa shape index (κ2) is 6.50. The number of benzene rings is 2. The number of rotatable bonds is 4. The van der Waals surface area contributed by atoms with Crippen molar-refractivity contribution in [2.24, 2.45) is 0 Å². The fourth-order valence-corrected chi connectivity index (χ4v) is 3.95. The number of aromatic nitrogens is 1.